The number of nitrogen functional groups attached to an aromatic ring is 1. The van der Waals surface area contributed by atoms with Crippen LogP contribution in [0.25, 0.3) is 0 Å². The Hall–Kier alpha value is -2.17. The van der Waals surface area contributed by atoms with Crippen molar-refractivity contribution in [1.82, 2.24) is 9.97 Å². The molecule has 0 amide bonds. The maximum absolute atomic E-state index is 13.4. The zero-order valence-electron chi connectivity index (χ0n) is 10.1. The van der Waals surface area contributed by atoms with E-state index in [-0.39, 0.29) is 17.8 Å². The second-order valence-corrected chi connectivity index (χ2v) is 4.16. The van der Waals surface area contributed by atoms with Gasteiger partial charge in [-0.2, -0.15) is 4.98 Å². The quantitative estimate of drug-likeness (QED) is 0.868. The fourth-order valence-electron chi connectivity index (χ4n) is 1.73. The Balaban J connectivity index is 2.03. The van der Waals surface area contributed by atoms with Gasteiger partial charge in [0.15, 0.2) is 11.6 Å². The molecule has 2 aromatic rings. The largest absolute Gasteiger partial charge is 0.368 e. The maximum Gasteiger partial charge on any atom is 0.222 e. The van der Waals surface area contributed by atoms with Crippen molar-refractivity contribution in [2.24, 2.45) is 0 Å². The van der Waals surface area contributed by atoms with Crippen molar-refractivity contribution in [2.75, 3.05) is 11.1 Å². The third kappa shape index (κ3) is 3.16. The van der Waals surface area contributed by atoms with Crippen molar-refractivity contribution in [3.63, 3.8) is 0 Å². The third-order valence-corrected chi connectivity index (χ3v) is 2.53. The zero-order valence-corrected chi connectivity index (χ0v) is 10.1. The van der Waals surface area contributed by atoms with E-state index in [1.54, 1.807) is 0 Å². The first-order chi connectivity index (χ1) is 8.65. The Morgan fingerprint density at radius 1 is 1.33 bits per heavy atom. The lowest BCUT2D eigenvalue weighted by atomic mass is 10.1. The van der Waals surface area contributed by atoms with E-state index in [4.69, 9.17) is 5.73 Å². The molecule has 0 bridgehead atoms. The number of hydrogen-bond acceptors (Lipinski definition) is 4. The minimum atomic E-state index is -0.496. The molecule has 1 unspecified atom stereocenters. The third-order valence-electron chi connectivity index (χ3n) is 2.53. The number of hydrogen-bond donors (Lipinski definition) is 2. The summed E-state index contributed by atoms with van der Waals surface area (Å²) in [5, 5.41) is 2.99. The molecule has 1 aromatic heterocycles. The molecule has 18 heavy (non-hydrogen) atoms. The van der Waals surface area contributed by atoms with Crippen molar-refractivity contribution in [3.05, 3.63) is 47.9 Å². The fourth-order valence-corrected chi connectivity index (χ4v) is 1.73. The molecule has 0 aliphatic carbocycles. The number of rotatable bonds is 4. The highest BCUT2D eigenvalue weighted by Gasteiger charge is 2.09. The molecule has 0 saturated carbocycles. The van der Waals surface area contributed by atoms with E-state index in [0.717, 1.165) is 12.6 Å². The molecule has 0 aliphatic heterocycles. The highest BCUT2D eigenvalue weighted by molar-refractivity contribution is 5.40. The Labute approximate surface area is 105 Å². The maximum atomic E-state index is 13.4. The SMILES string of the molecule is CC(Cc1ccccc1)Nc1nc(N)ncc1F. The molecular weight excluding hydrogens is 231 g/mol. The van der Waals surface area contributed by atoms with Crippen LogP contribution in [0.1, 0.15) is 12.5 Å². The molecule has 0 fully saturated rings. The van der Waals surface area contributed by atoms with E-state index in [2.05, 4.69) is 15.3 Å². The first kappa shape index (κ1) is 12.3. The second kappa shape index (κ2) is 5.44. The van der Waals surface area contributed by atoms with Crippen LogP contribution < -0.4 is 11.1 Å². The molecule has 4 nitrogen and oxygen atoms in total. The highest BCUT2D eigenvalue weighted by atomic mass is 19.1. The van der Waals surface area contributed by atoms with Gasteiger partial charge in [0.1, 0.15) is 0 Å². The van der Waals surface area contributed by atoms with E-state index in [0.29, 0.717) is 0 Å². The van der Waals surface area contributed by atoms with Crippen molar-refractivity contribution in [3.8, 4) is 0 Å². The zero-order chi connectivity index (χ0) is 13.0. The van der Waals surface area contributed by atoms with Crippen LogP contribution in [-0.4, -0.2) is 16.0 Å². The van der Waals surface area contributed by atoms with Crippen LogP contribution in [0.2, 0.25) is 0 Å². The molecule has 0 aliphatic rings. The number of nitrogens with two attached hydrogens (primary N) is 1. The summed E-state index contributed by atoms with van der Waals surface area (Å²) in [6, 6.07) is 10.0. The predicted octanol–water partition coefficient (Wildman–Crippen LogP) is 2.24. The first-order valence-corrected chi connectivity index (χ1v) is 5.73. The average molecular weight is 246 g/mol. The summed E-state index contributed by atoms with van der Waals surface area (Å²) >= 11 is 0. The molecule has 3 N–H and O–H groups in total. The van der Waals surface area contributed by atoms with Crippen LogP contribution in [0.4, 0.5) is 16.2 Å². The summed E-state index contributed by atoms with van der Waals surface area (Å²) in [7, 11) is 0. The van der Waals surface area contributed by atoms with Crippen molar-refractivity contribution in [2.45, 2.75) is 19.4 Å². The summed E-state index contributed by atoms with van der Waals surface area (Å²) in [5.41, 5.74) is 6.61. The van der Waals surface area contributed by atoms with Crippen LogP contribution >= 0.6 is 0 Å². The van der Waals surface area contributed by atoms with Gasteiger partial charge < -0.3 is 11.1 Å². The molecule has 94 valence electrons. The summed E-state index contributed by atoms with van der Waals surface area (Å²) in [4.78, 5) is 7.42. The van der Waals surface area contributed by atoms with E-state index in [9.17, 15) is 4.39 Å². The van der Waals surface area contributed by atoms with Gasteiger partial charge in [0.2, 0.25) is 5.95 Å². The fraction of sp³-hybridized carbons (Fsp3) is 0.231. The lowest BCUT2D eigenvalue weighted by Crippen LogP contribution is -2.20. The minimum absolute atomic E-state index is 0.0520. The molecule has 1 heterocycles. The van der Waals surface area contributed by atoms with Gasteiger partial charge >= 0.3 is 0 Å². The van der Waals surface area contributed by atoms with Gasteiger partial charge in [-0.1, -0.05) is 30.3 Å². The average Bonchev–Trinajstić information content (AvgIpc) is 2.35. The molecule has 5 heteroatoms. The smallest absolute Gasteiger partial charge is 0.222 e. The van der Waals surface area contributed by atoms with Gasteiger partial charge in [-0.25, -0.2) is 9.37 Å². The number of benzene rings is 1. The number of aromatic nitrogens is 2. The monoisotopic (exact) mass is 246 g/mol. The first-order valence-electron chi connectivity index (χ1n) is 5.73. The second-order valence-electron chi connectivity index (χ2n) is 4.16. The molecular formula is C13H15FN4. The highest BCUT2D eigenvalue weighted by Crippen LogP contribution is 2.13. The Kier molecular flexibility index (Phi) is 3.72. The Bertz CT molecular complexity index is 516. The molecule has 1 aromatic carbocycles. The lowest BCUT2D eigenvalue weighted by Gasteiger charge is -2.15. The lowest BCUT2D eigenvalue weighted by molar-refractivity contribution is 0.613. The van der Waals surface area contributed by atoms with Crippen molar-refractivity contribution < 1.29 is 4.39 Å². The standard InChI is InChI=1S/C13H15FN4/c1-9(7-10-5-3-2-4-6-10)17-12-11(14)8-16-13(15)18-12/h2-6,8-9H,7H2,1H3,(H3,15,16,17,18). The number of halogens is 1. The van der Waals surface area contributed by atoms with Gasteiger partial charge in [0.25, 0.3) is 0 Å². The molecule has 0 spiro atoms. The van der Waals surface area contributed by atoms with Crippen molar-refractivity contribution in [1.29, 1.82) is 0 Å². The predicted molar refractivity (Wildman–Crippen MR) is 69.6 cm³/mol. The van der Waals surface area contributed by atoms with Gasteiger partial charge in [-0.15, -0.1) is 0 Å². The van der Waals surface area contributed by atoms with E-state index >= 15 is 0 Å². The molecule has 2 rings (SSSR count). The van der Waals surface area contributed by atoms with Gasteiger partial charge in [-0.3, -0.25) is 0 Å². The van der Waals surface area contributed by atoms with E-state index < -0.39 is 5.82 Å². The Morgan fingerprint density at radius 3 is 2.78 bits per heavy atom. The van der Waals surface area contributed by atoms with Gasteiger partial charge in [0, 0.05) is 6.04 Å². The normalized spacial score (nSPS) is 12.1. The molecule has 0 saturated heterocycles. The van der Waals surface area contributed by atoms with Crippen LogP contribution in [0.5, 0.6) is 0 Å². The summed E-state index contributed by atoms with van der Waals surface area (Å²) in [6.45, 7) is 1.96. The van der Waals surface area contributed by atoms with Crippen molar-refractivity contribution >= 4 is 11.8 Å². The topological polar surface area (TPSA) is 63.8 Å². The number of anilines is 2. The van der Waals surface area contributed by atoms with Gasteiger partial charge in [0.05, 0.1) is 6.20 Å². The van der Waals surface area contributed by atoms with Crippen LogP contribution in [-0.2, 0) is 6.42 Å². The van der Waals surface area contributed by atoms with Gasteiger partial charge in [-0.05, 0) is 18.9 Å². The number of nitrogens with one attached hydrogen (secondary N) is 1. The molecule has 0 radical (unpaired) electrons. The molecule has 1 atom stereocenters. The summed E-state index contributed by atoms with van der Waals surface area (Å²) in [5.74, 6) is -0.291. The van der Waals surface area contributed by atoms with E-state index in [1.165, 1.54) is 5.56 Å². The summed E-state index contributed by atoms with van der Waals surface area (Å²) in [6.07, 6.45) is 1.85. The Morgan fingerprint density at radius 2 is 2.06 bits per heavy atom. The van der Waals surface area contributed by atoms with Crippen LogP contribution in [0, 0.1) is 5.82 Å². The number of nitrogens with zero attached hydrogens (tertiary/aromatic N) is 2. The van der Waals surface area contributed by atoms with E-state index in [1.807, 2.05) is 37.3 Å². The van der Waals surface area contributed by atoms with Crippen LogP contribution in [0.3, 0.4) is 0 Å². The summed E-state index contributed by atoms with van der Waals surface area (Å²) < 4.78 is 13.4. The minimum Gasteiger partial charge on any atom is -0.368 e. The van der Waals surface area contributed by atoms with Crippen LogP contribution in [0.15, 0.2) is 36.5 Å².